The third-order valence-corrected chi connectivity index (χ3v) is 7.42. The maximum Gasteiger partial charge on any atom is 0.133 e. The van der Waals surface area contributed by atoms with Crippen LogP contribution in [0.2, 0.25) is 0 Å². The SMILES string of the molecule is CC(C)(c1ccc(OC[C@H](O)CN2CCCCCC2)cc1)c1ccc(OC[C@H](O)CCl)c(Br)c1. The van der Waals surface area contributed by atoms with Gasteiger partial charge in [0.1, 0.15) is 36.9 Å². The molecule has 0 saturated carbocycles. The molecule has 2 N–H and O–H groups in total. The average Bonchev–Trinajstić information content (AvgIpc) is 3.10. The van der Waals surface area contributed by atoms with Gasteiger partial charge in [-0.05, 0) is 77.3 Å². The van der Waals surface area contributed by atoms with Crippen LogP contribution in [0.3, 0.4) is 0 Å². The first-order chi connectivity index (χ1) is 16.3. The minimum Gasteiger partial charge on any atom is -0.491 e. The zero-order valence-corrected chi connectivity index (χ0v) is 22.5. The summed E-state index contributed by atoms with van der Waals surface area (Å²) in [6.07, 6.45) is 3.83. The molecule has 34 heavy (non-hydrogen) atoms. The van der Waals surface area contributed by atoms with E-state index < -0.39 is 12.2 Å². The van der Waals surface area contributed by atoms with Gasteiger partial charge in [0.05, 0.1) is 10.4 Å². The molecular formula is C27H37BrClNO4. The van der Waals surface area contributed by atoms with Crippen LogP contribution in [0, 0.1) is 0 Å². The van der Waals surface area contributed by atoms with Crippen LogP contribution in [0.1, 0.15) is 50.7 Å². The fourth-order valence-electron chi connectivity index (χ4n) is 4.23. The molecule has 188 valence electrons. The highest BCUT2D eigenvalue weighted by atomic mass is 79.9. The first-order valence-electron chi connectivity index (χ1n) is 12.1. The number of likely N-dealkylation sites (tertiary alicyclic amines) is 1. The number of aliphatic hydroxyl groups excluding tert-OH is 2. The maximum atomic E-state index is 10.4. The molecule has 1 saturated heterocycles. The molecule has 7 heteroatoms. The average molecular weight is 555 g/mol. The number of nitrogens with zero attached hydrogens (tertiary/aromatic N) is 1. The number of rotatable bonds is 11. The summed E-state index contributed by atoms with van der Waals surface area (Å²) in [6.45, 7) is 7.61. The minimum atomic E-state index is -0.694. The quantitative estimate of drug-likeness (QED) is 0.366. The number of aliphatic hydroxyl groups is 2. The lowest BCUT2D eigenvalue weighted by molar-refractivity contribution is 0.0693. The van der Waals surface area contributed by atoms with E-state index in [2.05, 4.69) is 46.8 Å². The van der Waals surface area contributed by atoms with Gasteiger partial charge in [-0.3, -0.25) is 0 Å². The third-order valence-electron chi connectivity index (χ3n) is 6.45. The summed E-state index contributed by atoms with van der Waals surface area (Å²) in [5, 5.41) is 20.0. The van der Waals surface area contributed by atoms with Gasteiger partial charge in [0.25, 0.3) is 0 Å². The van der Waals surface area contributed by atoms with Crippen molar-refractivity contribution in [3.63, 3.8) is 0 Å². The Hall–Kier alpha value is -1.31. The molecule has 0 unspecified atom stereocenters. The van der Waals surface area contributed by atoms with Crippen molar-refractivity contribution in [1.82, 2.24) is 4.90 Å². The Kier molecular flexibility index (Phi) is 10.5. The fourth-order valence-corrected chi connectivity index (χ4v) is 4.82. The van der Waals surface area contributed by atoms with E-state index in [0.717, 1.165) is 34.4 Å². The Bertz CT molecular complexity index is 885. The number of hydrogen-bond acceptors (Lipinski definition) is 5. The predicted molar refractivity (Wildman–Crippen MR) is 141 cm³/mol. The molecule has 2 aromatic rings. The molecule has 3 rings (SSSR count). The molecule has 1 aliphatic heterocycles. The van der Waals surface area contributed by atoms with Gasteiger partial charge in [-0.2, -0.15) is 0 Å². The van der Waals surface area contributed by atoms with Gasteiger partial charge in [0.2, 0.25) is 0 Å². The Morgan fingerprint density at radius 2 is 1.53 bits per heavy atom. The van der Waals surface area contributed by atoms with Crippen LogP contribution in [0.4, 0.5) is 0 Å². The maximum absolute atomic E-state index is 10.4. The van der Waals surface area contributed by atoms with Crippen molar-refractivity contribution in [1.29, 1.82) is 0 Å². The molecule has 0 spiro atoms. The summed E-state index contributed by atoms with van der Waals surface area (Å²) in [7, 11) is 0. The van der Waals surface area contributed by atoms with Crippen molar-refractivity contribution in [2.45, 2.75) is 57.2 Å². The van der Waals surface area contributed by atoms with Gasteiger partial charge in [-0.15, -0.1) is 11.6 Å². The highest BCUT2D eigenvalue weighted by Crippen LogP contribution is 2.36. The molecule has 1 fully saturated rings. The first-order valence-corrected chi connectivity index (χ1v) is 13.4. The molecule has 1 heterocycles. The predicted octanol–water partition coefficient (Wildman–Crippen LogP) is 5.37. The molecule has 0 bridgehead atoms. The smallest absolute Gasteiger partial charge is 0.133 e. The van der Waals surface area contributed by atoms with Crippen molar-refractivity contribution in [3.05, 3.63) is 58.1 Å². The van der Waals surface area contributed by atoms with Gasteiger partial charge in [-0.25, -0.2) is 0 Å². The fraction of sp³-hybridized carbons (Fsp3) is 0.556. The zero-order chi connectivity index (χ0) is 24.6. The van der Waals surface area contributed by atoms with Crippen LogP contribution < -0.4 is 9.47 Å². The summed E-state index contributed by atoms with van der Waals surface area (Å²) < 4.78 is 12.4. The number of hydrogen-bond donors (Lipinski definition) is 2. The van der Waals surface area contributed by atoms with Crippen LogP contribution >= 0.6 is 27.5 Å². The Labute approximate surface area is 217 Å². The van der Waals surface area contributed by atoms with E-state index in [1.807, 2.05) is 30.3 Å². The molecule has 2 atom stereocenters. The van der Waals surface area contributed by atoms with Crippen molar-refractivity contribution >= 4 is 27.5 Å². The Morgan fingerprint density at radius 1 is 0.912 bits per heavy atom. The summed E-state index contributed by atoms with van der Waals surface area (Å²) in [5.41, 5.74) is 2.05. The topological polar surface area (TPSA) is 62.2 Å². The van der Waals surface area contributed by atoms with Crippen molar-refractivity contribution in [3.8, 4) is 11.5 Å². The molecule has 5 nitrogen and oxygen atoms in total. The van der Waals surface area contributed by atoms with E-state index in [1.54, 1.807) is 0 Å². The van der Waals surface area contributed by atoms with Crippen molar-refractivity contribution in [2.75, 3.05) is 38.7 Å². The van der Waals surface area contributed by atoms with Crippen LogP contribution in [0.25, 0.3) is 0 Å². The summed E-state index contributed by atoms with van der Waals surface area (Å²) >= 11 is 9.22. The van der Waals surface area contributed by atoms with E-state index in [4.69, 9.17) is 21.1 Å². The number of benzene rings is 2. The van der Waals surface area contributed by atoms with E-state index in [0.29, 0.717) is 18.9 Å². The lowest BCUT2D eigenvalue weighted by Crippen LogP contribution is -2.36. The second-order valence-electron chi connectivity index (χ2n) is 9.59. The van der Waals surface area contributed by atoms with Crippen molar-refractivity contribution < 1.29 is 19.7 Å². The van der Waals surface area contributed by atoms with Crippen molar-refractivity contribution in [2.24, 2.45) is 0 Å². The molecule has 1 aliphatic rings. The van der Waals surface area contributed by atoms with Gasteiger partial charge < -0.3 is 24.6 Å². The summed E-state index contributed by atoms with van der Waals surface area (Å²) in [4.78, 5) is 2.35. The second-order valence-corrected chi connectivity index (χ2v) is 10.8. The van der Waals surface area contributed by atoms with E-state index in [1.165, 1.54) is 25.7 Å². The van der Waals surface area contributed by atoms with Gasteiger partial charge >= 0.3 is 0 Å². The van der Waals surface area contributed by atoms with Gasteiger partial charge in [0, 0.05) is 12.0 Å². The largest absolute Gasteiger partial charge is 0.491 e. The molecule has 0 aliphatic carbocycles. The lowest BCUT2D eigenvalue weighted by Gasteiger charge is -2.27. The monoisotopic (exact) mass is 553 g/mol. The highest BCUT2D eigenvalue weighted by molar-refractivity contribution is 9.10. The molecule has 2 aromatic carbocycles. The molecule has 0 radical (unpaired) electrons. The van der Waals surface area contributed by atoms with Crippen LogP contribution in [0.15, 0.2) is 46.9 Å². The Morgan fingerprint density at radius 3 is 2.15 bits per heavy atom. The molecular weight excluding hydrogens is 518 g/mol. The normalized spacial score (nSPS) is 17.1. The summed E-state index contributed by atoms with van der Waals surface area (Å²) in [6, 6.07) is 14.1. The van der Waals surface area contributed by atoms with Crippen LogP contribution in [-0.2, 0) is 5.41 Å². The van der Waals surface area contributed by atoms with E-state index in [-0.39, 0.29) is 17.9 Å². The first kappa shape index (κ1) is 27.3. The van der Waals surface area contributed by atoms with Gasteiger partial charge in [-0.1, -0.05) is 44.9 Å². The number of alkyl halides is 1. The minimum absolute atomic E-state index is 0.139. The van der Waals surface area contributed by atoms with Gasteiger partial charge in [0.15, 0.2) is 0 Å². The van der Waals surface area contributed by atoms with E-state index >= 15 is 0 Å². The highest BCUT2D eigenvalue weighted by Gasteiger charge is 2.24. The number of β-amino-alcohol motifs (C(OH)–C–C–N with tert-alkyl or cyclic N) is 1. The number of ether oxygens (including phenoxy) is 2. The van der Waals surface area contributed by atoms with Crippen LogP contribution in [0.5, 0.6) is 11.5 Å². The van der Waals surface area contributed by atoms with Crippen LogP contribution in [-0.4, -0.2) is 66.0 Å². The standard InChI is InChI=1S/C27H37BrClNO4/c1-27(2,21-9-12-26(25(28)15-21)34-18-22(31)16-29)20-7-10-24(11-8-20)33-19-23(32)17-30-13-5-3-4-6-14-30/h7-12,15,22-23,31-32H,3-6,13-14,16-19H2,1-2H3/t22-,23-/m1/s1. The lowest BCUT2D eigenvalue weighted by atomic mass is 9.78. The molecule has 0 aromatic heterocycles. The Balaban J connectivity index is 1.56. The summed E-state index contributed by atoms with van der Waals surface area (Å²) in [5.74, 6) is 1.57. The van der Waals surface area contributed by atoms with E-state index in [9.17, 15) is 10.2 Å². The third kappa shape index (κ3) is 7.85. The zero-order valence-electron chi connectivity index (χ0n) is 20.2. The molecule has 0 amide bonds. The second kappa shape index (κ2) is 13.1. The number of halogens is 2.